The maximum absolute atomic E-state index is 14.8. The summed E-state index contributed by atoms with van der Waals surface area (Å²) >= 11 is 3.88. The number of hydrogen-bond donors (Lipinski definition) is 2. The number of thiol groups is 1. The van der Waals surface area contributed by atoms with Gasteiger partial charge in [-0.15, -0.1) is 0 Å². The molecule has 1 unspecified atom stereocenters. The molecule has 0 spiro atoms. The van der Waals surface area contributed by atoms with E-state index in [-0.39, 0.29) is 24.7 Å². The van der Waals surface area contributed by atoms with Crippen LogP contribution in [0, 0.1) is 17.1 Å². The fourth-order valence-corrected chi connectivity index (χ4v) is 3.63. The molecular weight excluding hydrogens is 395 g/mol. The molecule has 0 saturated carbocycles. The Balaban J connectivity index is 1.65. The molecule has 2 aliphatic rings. The number of amides is 2. The highest BCUT2D eigenvalue weighted by Crippen LogP contribution is 2.30. The standard InChI is InChI=1S/C20H23FN4O3S/c1-13(9-22)14-4-6-24(7-5-14)18-3-2-15(8-17(18)21)25-11-16(28-20(25)27)10-23-19(26)12-29/h2-3,8,16,29H,4-7,10-12H2,1H3,(H,23,26). The number of allylic oxidation sites excluding steroid dienone is 1. The average molecular weight is 418 g/mol. The van der Waals surface area contributed by atoms with Crippen LogP contribution in [0.2, 0.25) is 0 Å². The number of piperidine rings is 1. The Morgan fingerprint density at radius 2 is 2.14 bits per heavy atom. The van der Waals surface area contributed by atoms with Crippen LogP contribution in [0.1, 0.15) is 19.8 Å². The molecule has 1 aromatic carbocycles. The van der Waals surface area contributed by atoms with E-state index < -0.39 is 18.0 Å². The first-order valence-electron chi connectivity index (χ1n) is 9.42. The van der Waals surface area contributed by atoms with Crippen LogP contribution in [0.25, 0.3) is 0 Å². The van der Waals surface area contributed by atoms with Crippen LogP contribution in [-0.4, -0.2) is 50.0 Å². The van der Waals surface area contributed by atoms with Crippen LogP contribution in [0.15, 0.2) is 29.3 Å². The highest BCUT2D eigenvalue weighted by Gasteiger charge is 2.33. The second kappa shape index (κ2) is 9.18. The summed E-state index contributed by atoms with van der Waals surface area (Å²) in [7, 11) is 0. The Morgan fingerprint density at radius 3 is 2.76 bits per heavy atom. The molecule has 0 bridgehead atoms. The van der Waals surface area contributed by atoms with Crippen molar-refractivity contribution in [3.8, 4) is 6.07 Å². The van der Waals surface area contributed by atoms with E-state index in [9.17, 15) is 14.0 Å². The number of carbonyl (C=O) groups excluding carboxylic acids is 2. The van der Waals surface area contributed by atoms with E-state index in [4.69, 9.17) is 10.00 Å². The molecular formula is C20H23FN4O3S. The molecule has 2 aliphatic heterocycles. The maximum atomic E-state index is 14.8. The summed E-state index contributed by atoms with van der Waals surface area (Å²) in [5.74, 6) is -0.602. The van der Waals surface area contributed by atoms with Gasteiger partial charge in [-0.05, 0) is 38.0 Å². The number of rotatable bonds is 5. The highest BCUT2D eigenvalue weighted by molar-refractivity contribution is 7.81. The molecule has 9 heteroatoms. The summed E-state index contributed by atoms with van der Waals surface area (Å²) < 4.78 is 20.0. The number of nitrogens with zero attached hydrogens (tertiary/aromatic N) is 3. The Bertz CT molecular complexity index is 873. The molecule has 1 N–H and O–H groups in total. The van der Waals surface area contributed by atoms with Gasteiger partial charge in [0, 0.05) is 18.7 Å². The van der Waals surface area contributed by atoms with E-state index in [0.29, 0.717) is 24.5 Å². The van der Waals surface area contributed by atoms with Crippen molar-refractivity contribution < 1.29 is 18.7 Å². The smallest absolute Gasteiger partial charge is 0.414 e. The van der Waals surface area contributed by atoms with Gasteiger partial charge < -0.3 is 15.0 Å². The molecule has 7 nitrogen and oxygen atoms in total. The molecule has 1 aromatic rings. The molecule has 29 heavy (non-hydrogen) atoms. The van der Waals surface area contributed by atoms with E-state index in [0.717, 1.165) is 24.0 Å². The Kier molecular flexibility index (Phi) is 6.64. The molecule has 1 atom stereocenters. The summed E-state index contributed by atoms with van der Waals surface area (Å²) in [6.07, 6.45) is 0.406. The number of cyclic esters (lactones) is 1. The number of benzene rings is 1. The highest BCUT2D eigenvalue weighted by atomic mass is 32.1. The van der Waals surface area contributed by atoms with Gasteiger partial charge in [-0.1, -0.05) is 5.57 Å². The molecule has 3 rings (SSSR count). The molecule has 2 saturated heterocycles. The Labute approximate surface area is 174 Å². The molecule has 2 amide bonds. The number of hydrogen-bond acceptors (Lipinski definition) is 6. The van der Waals surface area contributed by atoms with Crippen molar-refractivity contribution in [1.82, 2.24) is 5.32 Å². The van der Waals surface area contributed by atoms with Gasteiger partial charge in [-0.2, -0.15) is 17.9 Å². The molecule has 0 radical (unpaired) electrons. The van der Waals surface area contributed by atoms with E-state index in [1.165, 1.54) is 11.0 Å². The number of nitriles is 1. The SMILES string of the molecule is CC(C#N)=C1CCN(c2ccc(N3CC(CNC(=O)CS)OC3=O)cc2F)CC1. The zero-order valence-corrected chi connectivity index (χ0v) is 17.0. The largest absolute Gasteiger partial charge is 0.442 e. The third kappa shape index (κ3) is 4.82. The molecule has 0 aromatic heterocycles. The number of ether oxygens (including phenoxy) is 1. The fourth-order valence-electron chi connectivity index (χ4n) is 3.51. The lowest BCUT2D eigenvalue weighted by atomic mass is 9.99. The van der Waals surface area contributed by atoms with Crippen molar-refractivity contribution in [1.29, 1.82) is 5.26 Å². The first-order chi connectivity index (χ1) is 13.9. The lowest BCUT2D eigenvalue weighted by Gasteiger charge is -2.31. The second-order valence-corrected chi connectivity index (χ2v) is 7.36. The summed E-state index contributed by atoms with van der Waals surface area (Å²) in [5, 5.41) is 11.6. The minimum atomic E-state index is -0.568. The average Bonchev–Trinajstić information content (AvgIpc) is 3.12. The molecule has 2 heterocycles. The van der Waals surface area contributed by atoms with Crippen LogP contribution in [0.5, 0.6) is 0 Å². The Morgan fingerprint density at radius 1 is 1.41 bits per heavy atom. The van der Waals surface area contributed by atoms with Gasteiger partial charge in [0.05, 0.1) is 36.3 Å². The normalized spacial score (nSPS) is 19.0. The van der Waals surface area contributed by atoms with E-state index in [1.807, 2.05) is 11.8 Å². The summed E-state index contributed by atoms with van der Waals surface area (Å²) in [4.78, 5) is 26.7. The number of carbonyl (C=O) groups is 2. The topological polar surface area (TPSA) is 85.7 Å². The van der Waals surface area contributed by atoms with Gasteiger partial charge in [0.15, 0.2) is 0 Å². The van der Waals surface area contributed by atoms with Crippen molar-refractivity contribution in [3.05, 3.63) is 35.2 Å². The lowest BCUT2D eigenvalue weighted by molar-refractivity contribution is -0.118. The quantitative estimate of drug-likeness (QED) is 0.567. The van der Waals surface area contributed by atoms with Gasteiger partial charge in [0.25, 0.3) is 0 Å². The number of nitrogens with one attached hydrogen (secondary N) is 1. The Hall–Kier alpha value is -2.73. The minimum Gasteiger partial charge on any atom is -0.442 e. The summed E-state index contributed by atoms with van der Waals surface area (Å²) in [5.41, 5.74) is 2.76. The van der Waals surface area contributed by atoms with Crippen molar-refractivity contribution >= 4 is 36.0 Å². The number of anilines is 2. The molecule has 2 fully saturated rings. The van der Waals surface area contributed by atoms with Crippen molar-refractivity contribution in [2.75, 3.05) is 41.7 Å². The molecule has 0 aliphatic carbocycles. The van der Waals surface area contributed by atoms with E-state index in [1.54, 1.807) is 12.1 Å². The van der Waals surface area contributed by atoms with Crippen LogP contribution < -0.4 is 15.1 Å². The van der Waals surface area contributed by atoms with Crippen molar-refractivity contribution in [3.63, 3.8) is 0 Å². The van der Waals surface area contributed by atoms with Crippen molar-refractivity contribution in [2.24, 2.45) is 0 Å². The number of halogens is 1. The minimum absolute atomic E-state index is 0.0565. The second-order valence-electron chi connectivity index (χ2n) is 7.04. The summed E-state index contributed by atoms with van der Waals surface area (Å²) in [6.45, 7) is 3.52. The zero-order valence-electron chi connectivity index (χ0n) is 16.2. The maximum Gasteiger partial charge on any atom is 0.414 e. The first kappa shape index (κ1) is 21.0. The van der Waals surface area contributed by atoms with Gasteiger partial charge in [-0.3, -0.25) is 9.69 Å². The predicted molar refractivity (Wildman–Crippen MR) is 111 cm³/mol. The van der Waals surface area contributed by atoms with Crippen molar-refractivity contribution in [2.45, 2.75) is 25.9 Å². The summed E-state index contributed by atoms with van der Waals surface area (Å²) in [6, 6.07) is 6.87. The van der Waals surface area contributed by atoms with Crippen LogP contribution >= 0.6 is 12.6 Å². The fraction of sp³-hybridized carbons (Fsp3) is 0.450. The monoisotopic (exact) mass is 418 g/mol. The first-order valence-corrected chi connectivity index (χ1v) is 10.0. The van der Waals surface area contributed by atoms with Crippen LogP contribution in [-0.2, 0) is 9.53 Å². The van der Waals surface area contributed by atoms with Crippen LogP contribution in [0.3, 0.4) is 0 Å². The predicted octanol–water partition coefficient (Wildman–Crippen LogP) is 2.64. The third-order valence-corrected chi connectivity index (χ3v) is 5.48. The zero-order chi connectivity index (χ0) is 21.0. The van der Waals surface area contributed by atoms with Gasteiger partial charge in [0.2, 0.25) is 5.91 Å². The van der Waals surface area contributed by atoms with Gasteiger partial charge in [0.1, 0.15) is 11.9 Å². The van der Waals surface area contributed by atoms with E-state index >= 15 is 0 Å². The van der Waals surface area contributed by atoms with E-state index in [2.05, 4.69) is 24.0 Å². The van der Waals surface area contributed by atoms with Gasteiger partial charge in [-0.25, -0.2) is 9.18 Å². The van der Waals surface area contributed by atoms with Crippen LogP contribution in [0.4, 0.5) is 20.6 Å². The third-order valence-electron chi connectivity index (χ3n) is 5.19. The van der Waals surface area contributed by atoms with Gasteiger partial charge >= 0.3 is 6.09 Å². The lowest BCUT2D eigenvalue weighted by Crippen LogP contribution is -2.35. The molecule has 154 valence electrons.